The van der Waals surface area contributed by atoms with E-state index in [2.05, 4.69) is 13.8 Å². The third kappa shape index (κ3) is 7.09. The minimum Gasteiger partial charge on any atom is -0.207 e. The molecule has 0 aliphatic heterocycles. The molecular formula is C38H47F3. The third-order valence-corrected chi connectivity index (χ3v) is 10.2. The Hall–Kier alpha value is -2.55. The predicted octanol–water partition coefficient (Wildman–Crippen LogP) is 12.1. The Morgan fingerprint density at radius 1 is 0.610 bits per heavy atom. The largest absolute Gasteiger partial charge is 0.207 e. The highest BCUT2D eigenvalue weighted by Crippen LogP contribution is 2.45. The fourth-order valence-corrected chi connectivity index (χ4v) is 7.71. The Kier molecular flexibility index (Phi) is 10.3. The molecule has 0 heterocycles. The summed E-state index contributed by atoms with van der Waals surface area (Å²) in [5.74, 6) is 1.31. The van der Waals surface area contributed by atoms with Crippen molar-refractivity contribution in [2.75, 3.05) is 0 Å². The smallest absolute Gasteiger partial charge is 0.166 e. The lowest BCUT2D eigenvalue weighted by Crippen LogP contribution is -2.25. The molecule has 2 fully saturated rings. The van der Waals surface area contributed by atoms with E-state index >= 15 is 4.39 Å². The molecule has 2 aliphatic carbocycles. The number of aryl methyl sites for hydroxylation is 1. The molecule has 0 atom stereocenters. The second kappa shape index (κ2) is 14.1. The van der Waals surface area contributed by atoms with Gasteiger partial charge in [-0.25, -0.2) is 13.2 Å². The standard InChI is InChI=1S/C38H47F3/c1-3-5-6-8-32-21-24-35(38(41)37(32)40)31-19-15-29(16-20-31)33-22-23-34(36(39)25-33)30-17-13-28(14-18-30)27-11-9-26(7-4-2)10-12-27/h15-16,19-28,30H,3-14,17-18H2,1-2H3. The van der Waals surface area contributed by atoms with E-state index in [1.165, 1.54) is 51.4 Å². The minimum absolute atomic E-state index is 0.123. The van der Waals surface area contributed by atoms with E-state index < -0.39 is 11.6 Å². The van der Waals surface area contributed by atoms with Gasteiger partial charge in [0, 0.05) is 5.56 Å². The summed E-state index contributed by atoms with van der Waals surface area (Å²) in [5.41, 5.74) is 3.87. The van der Waals surface area contributed by atoms with Gasteiger partial charge in [-0.15, -0.1) is 0 Å². The first-order chi connectivity index (χ1) is 20.0. The Morgan fingerprint density at radius 3 is 1.88 bits per heavy atom. The van der Waals surface area contributed by atoms with Gasteiger partial charge in [0.15, 0.2) is 11.6 Å². The molecule has 3 aromatic rings. The van der Waals surface area contributed by atoms with Crippen LogP contribution in [0.2, 0.25) is 0 Å². The Labute approximate surface area is 245 Å². The van der Waals surface area contributed by atoms with Crippen LogP contribution >= 0.6 is 0 Å². The number of halogens is 3. The lowest BCUT2D eigenvalue weighted by molar-refractivity contribution is 0.156. The SMILES string of the molecule is CCCCCc1ccc(-c2ccc(-c3ccc(C4CCC(C5CCC(CCC)CC5)CC4)c(F)c3)cc2)c(F)c1F. The molecule has 0 saturated heterocycles. The van der Waals surface area contributed by atoms with E-state index in [-0.39, 0.29) is 11.4 Å². The molecule has 0 bridgehead atoms. The highest BCUT2D eigenvalue weighted by molar-refractivity contribution is 5.71. The van der Waals surface area contributed by atoms with E-state index in [9.17, 15) is 8.78 Å². The molecule has 0 N–H and O–H groups in total. The van der Waals surface area contributed by atoms with Crippen molar-refractivity contribution in [3.8, 4) is 22.3 Å². The maximum absolute atomic E-state index is 15.4. The summed E-state index contributed by atoms with van der Waals surface area (Å²) < 4.78 is 45.0. The summed E-state index contributed by atoms with van der Waals surface area (Å²) >= 11 is 0. The summed E-state index contributed by atoms with van der Waals surface area (Å²) in [6, 6.07) is 16.4. The van der Waals surface area contributed by atoms with Crippen molar-refractivity contribution in [3.63, 3.8) is 0 Å². The number of unbranched alkanes of at least 4 members (excludes halogenated alkanes) is 2. The van der Waals surface area contributed by atoms with Crippen molar-refractivity contribution >= 4 is 0 Å². The first kappa shape index (κ1) is 29.9. The Balaban J connectivity index is 1.20. The van der Waals surface area contributed by atoms with Crippen molar-refractivity contribution in [3.05, 3.63) is 83.2 Å². The molecule has 5 rings (SSSR count). The van der Waals surface area contributed by atoms with E-state index in [4.69, 9.17) is 0 Å². The molecule has 0 amide bonds. The van der Waals surface area contributed by atoms with Gasteiger partial charge < -0.3 is 0 Å². The Morgan fingerprint density at radius 2 is 1.24 bits per heavy atom. The van der Waals surface area contributed by atoms with Crippen molar-refractivity contribution in [2.45, 2.75) is 110 Å². The van der Waals surface area contributed by atoms with Crippen LogP contribution in [-0.4, -0.2) is 0 Å². The number of hydrogen-bond donors (Lipinski definition) is 0. The molecule has 0 unspecified atom stereocenters. The first-order valence-electron chi connectivity index (χ1n) is 16.4. The summed E-state index contributed by atoms with van der Waals surface area (Å²) in [6.45, 7) is 4.40. The highest BCUT2D eigenvalue weighted by atomic mass is 19.2. The summed E-state index contributed by atoms with van der Waals surface area (Å²) in [6.07, 6.45) is 16.4. The van der Waals surface area contributed by atoms with Gasteiger partial charge in [-0.1, -0.05) is 101 Å². The molecule has 0 aromatic heterocycles. The highest BCUT2D eigenvalue weighted by Gasteiger charge is 2.31. The molecule has 2 aliphatic rings. The van der Waals surface area contributed by atoms with Crippen molar-refractivity contribution in [2.24, 2.45) is 17.8 Å². The normalized spacial score (nSPS) is 23.0. The second-order valence-electron chi connectivity index (χ2n) is 12.9. The van der Waals surface area contributed by atoms with E-state index in [0.29, 0.717) is 23.5 Å². The van der Waals surface area contributed by atoms with E-state index in [1.54, 1.807) is 30.3 Å². The molecule has 3 heteroatoms. The number of hydrogen-bond acceptors (Lipinski definition) is 0. The lowest BCUT2D eigenvalue weighted by Gasteiger charge is -2.38. The molecule has 2 saturated carbocycles. The van der Waals surface area contributed by atoms with Gasteiger partial charge >= 0.3 is 0 Å². The van der Waals surface area contributed by atoms with Gasteiger partial charge in [0.05, 0.1) is 0 Å². The topological polar surface area (TPSA) is 0 Å². The van der Waals surface area contributed by atoms with Crippen LogP contribution < -0.4 is 0 Å². The quantitative estimate of drug-likeness (QED) is 0.216. The van der Waals surface area contributed by atoms with Gasteiger partial charge in [0.1, 0.15) is 5.82 Å². The second-order valence-corrected chi connectivity index (χ2v) is 12.9. The number of benzene rings is 3. The zero-order chi connectivity index (χ0) is 28.8. The molecule has 220 valence electrons. The minimum atomic E-state index is -0.791. The maximum Gasteiger partial charge on any atom is 0.166 e. The molecule has 0 spiro atoms. The van der Waals surface area contributed by atoms with Crippen LogP contribution in [0.1, 0.15) is 114 Å². The summed E-state index contributed by atoms with van der Waals surface area (Å²) in [7, 11) is 0. The third-order valence-electron chi connectivity index (χ3n) is 10.2. The summed E-state index contributed by atoms with van der Waals surface area (Å²) in [4.78, 5) is 0. The van der Waals surface area contributed by atoms with E-state index in [1.807, 2.05) is 24.3 Å². The number of rotatable bonds is 10. The van der Waals surface area contributed by atoms with Gasteiger partial charge in [-0.05, 0) is 109 Å². The van der Waals surface area contributed by atoms with Crippen LogP contribution in [0, 0.1) is 35.2 Å². The van der Waals surface area contributed by atoms with Gasteiger partial charge in [-0.3, -0.25) is 0 Å². The van der Waals surface area contributed by atoms with E-state index in [0.717, 1.165) is 66.5 Å². The average Bonchev–Trinajstić information content (AvgIpc) is 3.00. The van der Waals surface area contributed by atoms with Crippen LogP contribution in [0.3, 0.4) is 0 Å². The van der Waals surface area contributed by atoms with Crippen molar-refractivity contribution in [1.82, 2.24) is 0 Å². The lowest BCUT2D eigenvalue weighted by atomic mass is 9.68. The summed E-state index contributed by atoms with van der Waals surface area (Å²) in [5, 5.41) is 0. The van der Waals surface area contributed by atoms with Crippen molar-refractivity contribution < 1.29 is 13.2 Å². The zero-order valence-electron chi connectivity index (χ0n) is 25.0. The van der Waals surface area contributed by atoms with Crippen LogP contribution in [0.15, 0.2) is 54.6 Å². The van der Waals surface area contributed by atoms with Crippen molar-refractivity contribution in [1.29, 1.82) is 0 Å². The van der Waals surface area contributed by atoms with Gasteiger partial charge in [-0.2, -0.15) is 0 Å². The predicted molar refractivity (Wildman–Crippen MR) is 165 cm³/mol. The molecule has 0 radical (unpaired) electrons. The first-order valence-corrected chi connectivity index (χ1v) is 16.4. The fourth-order valence-electron chi connectivity index (χ4n) is 7.71. The monoisotopic (exact) mass is 560 g/mol. The maximum atomic E-state index is 15.4. The fraction of sp³-hybridized carbons (Fsp3) is 0.526. The van der Waals surface area contributed by atoms with Crippen LogP contribution in [-0.2, 0) is 6.42 Å². The van der Waals surface area contributed by atoms with Gasteiger partial charge in [0.25, 0.3) is 0 Å². The Bertz CT molecular complexity index is 1260. The molecule has 3 aromatic carbocycles. The van der Waals surface area contributed by atoms with Crippen LogP contribution in [0.5, 0.6) is 0 Å². The molecular weight excluding hydrogens is 513 g/mol. The van der Waals surface area contributed by atoms with Crippen LogP contribution in [0.4, 0.5) is 13.2 Å². The van der Waals surface area contributed by atoms with Crippen LogP contribution in [0.25, 0.3) is 22.3 Å². The molecule has 41 heavy (non-hydrogen) atoms. The zero-order valence-corrected chi connectivity index (χ0v) is 25.0. The molecule has 0 nitrogen and oxygen atoms in total. The van der Waals surface area contributed by atoms with Gasteiger partial charge in [0.2, 0.25) is 0 Å². The average molecular weight is 561 g/mol.